The second-order valence-electron chi connectivity index (χ2n) is 7.69. The zero-order valence-corrected chi connectivity index (χ0v) is 17.9. The number of phenolic OH excluding ortho intramolecular Hbond substituents is 1. The number of esters is 1. The number of methoxy groups -OCH3 is 1. The minimum Gasteiger partial charge on any atom is -0.508 e. The maximum atomic E-state index is 13.2. The molecule has 1 saturated heterocycles. The lowest BCUT2D eigenvalue weighted by atomic mass is 9.99. The summed E-state index contributed by atoms with van der Waals surface area (Å²) in [7, 11) is 1.32. The Bertz CT molecular complexity index is 1100. The first kappa shape index (κ1) is 22.1. The fraction of sp³-hybridized carbons (Fsp3) is 0.417. The lowest BCUT2D eigenvalue weighted by Gasteiger charge is -2.32. The smallest absolute Gasteiger partial charge is 0.305 e. The number of carbonyl (C=O) groups excluding carboxylic acids is 1. The number of hydrogen-bond donors (Lipinski definition) is 1. The molecule has 0 spiro atoms. The van der Waals surface area contributed by atoms with E-state index in [0.717, 1.165) is 18.4 Å². The number of hydrogen-bond acceptors (Lipinski definition) is 8. The van der Waals surface area contributed by atoms with Gasteiger partial charge in [-0.1, -0.05) is 18.2 Å². The highest BCUT2D eigenvalue weighted by Gasteiger charge is 2.32. The fourth-order valence-electron chi connectivity index (χ4n) is 3.80. The molecule has 0 bridgehead atoms. The molecule has 170 valence electrons. The van der Waals surface area contributed by atoms with Crippen LogP contribution in [0.4, 0.5) is 0 Å². The molecule has 4 rings (SSSR count). The third-order valence-corrected chi connectivity index (χ3v) is 5.48. The van der Waals surface area contributed by atoms with Crippen LogP contribution in [0.25, 0.3) is 11.0 Å². The van der Waals surface area contributed by atoms with Gasteiger partial charge in [0.1, 0.15) is 23.5 Å². The van der Waals surface area contributed by atoms with Crippen LogP contribution in [0.15, 0.2) is 51.2 Å². The molecule has 1 aliphatic heterocycles. The average molecular weight is 442 g/mol. The number of allylic oxidation sites excluding steroid dienone is 3. The monoisotopic (exact) mass is 442 g/mol. The number of aromatic hydroxyl groups is 1. The number of carbonyl (C=O) groups is 1. The first-order valence-electron chi connectivity index (χ1n) is 10.6. The fourth-order valence-corrected chi connectivity index (χ4v) is 3.80. The molecular weight excluding hydrogens is 416 g/mol. The normalized spacial score (nSPS) is 20.7. The van der Waals surface area contributed by atoms with Crippen LogP contribution in [0, 0.1) is 0 Å². The Morgan fingerprint density at radius 2 is 2.09 bits per heavy atom. The minimum absolute atomic E-state index is 0.0174. The van der Waals surface area contributed by atoms with Crippen molar-refractivity contribution in [3.05, 3.63) is 58.0 Å². The second-order valence-corrected chi connectivity index (χ2v) is 7.69. The molecule has 2 unspecified atom stereocenters. The Kier molecular flexibility index (Phi) is 6.92. The summed E-state index contributed by atoms with van der Waals surface area (Å²) in [6.45, 7) is 0.749. The van der Waals surface area contributed by atoms with Crippen LogP contribution in [0.2, 0.25) is 0 Å². The van der Waals surface area contributed by atoms with Crippen LogP contribution < -0.4 is 10.2 Å². The maximum Gasteiger partial charge on any atom is 0.305 e. The van der Waals surface area contributed by atoms with E-state index in [2.05, 4.69) is 10.8 Å². The van der Waals surface area contributed by atoms with Crippen LogP contribution in [-0.2, 0) is 19.0 Å². The number of benzene rings is 1. The molecule has 32 heavy (non-hydrogen) atoms. The van der Waals surface area contributed by atoms with Gasteiger partial charge in [0.15, 0.2) is 5.76 Å². The Labute approximate surface area is 185 Å². The van der Waals surface area contributed by atoms with Gasteiger partial charge in [0, 0.05) is 12.5 Å². The van der Waals surface area contributed by atoms with Crippen molar-refractivity contribution in [2.45, 2.75) is 37.9 Å². The predicted molar refractivity (Wildman–Crippen MR) is 116 cm³/mol. The largest absolute Gasteiger partial charge is 0.508 e. The summed E-state index contributed by atoms with van der Waals surface area (Å²) in [5, 5.41) is 10.1. The van der Waals surface area contributed by atoms with Gasteiger partial charge in [-0.05, 0) is 37.0 Å². The Morgan fingerprint density at radius 3 is 2.88 bits per heavy atom. The van der Waals surface area contributed by atoms with Crippen molar-refractivity contribution in [3.63, 3.8) is 0 Å². The lowest BCUT2D eigenvalue weighted by molar-refractivity contribution is -0.140. The van der Waals surface area contributed by atoms with Crippen molar-refractivity contribution in [2.24, 2.45) is 0 Å². The van der Waals surface area contributed by atoms with Crippen molar-refractivity contribution in [1.82, 2.24) is 0 Å². The highest BCUT2D eigenvalue weighted by molar-refractivity contribution is 5.79. The number of phenols is 1. The molecule has 2 heterocycles. The molecule has 0 amide bonds. The highest BCUT2D eigenvalue weighted by atomic mass is 16.6. The quantitative estimate of drug-likeness (QED) is 0.513. The van der Waals surface area contributed by atoms with Crippen molar-refractivity contribution in [2.75, 3.05) is 26.9 Å². The summed E-state index contributed by atoms with van der Waals surface area (Å²) >= 11 is 0. The van der Waals surface area contributed by atoms with E-state index in [1.165, 1.54) is 25.3 Å². The van der Waals surface area contributed by atoms with E-state index in [4.69, 9.17) is 18.6 Å². The SMILES string of the molecule is COC(=O)CCCOc1c(C2COCC(C3=CC=CCC3)O2)oc2cc(O)ccc2c1=O. The van der Waals surface area contributed by atoms with Crippen LogP contribution in [0.5, 0.6) is 11.5 Å². The third kappa shape index (κ3) is 4.87. The first-order valence-corrected chi connectivity index (χ1v) is 10.6. The van der Waals surface area contributed by atoms with Crippen LogP contribution in [0.3, 0.4) is 0 Å². The standard InChI is InChI=1S/C24H26O8/c1-28-21(26)8-5-11-30-24-22(27)17-10-9-16(25)12-18(17)32-23(24)20-14-29-13-19(31-20)15-6-3-2-4-7-15/h2-3,6,9-10,12,19-20,25H,4-5,7-8,11,13-14H2,1H3. The molecule has 1 N–H and O–H groups in total. The lowest BCUT2D eigenvalue weighted by Crippen LogP contribution is -2.33. The topological polar surface area (TPSA) is 104 Å². The molecule has 2 aliphatic rings. The molecule has 1 aromatic heterocycles. The Hall–Kier alpha value is -3.10. The van der Waals surface area contributed by atoms with E-state index in [0.29, 0.717) is 13.0 Å². The first-order chi connectivity index (χ1) is 15.6. The molecule has 1 aliphatic carbocycles. The van der Waals surface area contributed by atoms with Gasteiger partial charge in [-0.15, -0.1) is 0 Å². The van der Waals surface area contributed by atoms with E-state index in [1.807, 2.05) is 12.2 Å². The zero-order valence-electron chi connectivity index (χ0n) is 17.9. The second kappa shape index (κ2) is 10.0. The Balaban J connectivity index is 1.64. The van der Waals surface area contributed by atoms with Gasteiger partial charge in [-0.3, -0.25) is 9.59 Å². The summed E-state index contributed by atoms with van der Waals surface area (Å²) in [5.74, 6) is -0.129. The highest BCUT2D eigenvalue weighted by Crippen LogP contribution is 2.35. The maximum absolute atomic E-state index is 13.2. The summed E-state index contributed by atoms with van der Waals surface area (Å²) in [4.78, 5) is 24.6. The molecule has 1 fully saturated rings. The predicted octanol–water partition coefficient (Wildman–Crippen LogP) is 3.56. The summed E-state index contributed by atoms with van der Waals surface area (Å²) in [5.41, 5.74) is 0.987. The van der Waals surface area contributed by atoms with Gasteiger partial charge >= 0.3 is 5.97 Å². The molecular formula is C24H26O8. The number of fused-ring (bicyclic) bond motifs is 1. The molecule has 8 nitrogen and oxygen atoms in total. The summed E-state index contributed by atoms with van der Waals surface area (Å²) < 4.78 is 28.5. The van der Waals surface area contributed by atoms with E-state index in [1.54, 1.807) is 0 Å². The molecule has 0 radical (unpaired) electrons. The number of ether oxygens (including phenoxy) is 4. The number of rotatable bonds is 7. The van der Waals surface area contributed by atoms with Crippen LogP contribution >= 0.6 is 0 Å². The van der Waals surface area contributed by atoms with E-state index < -0.39 is 6.10 Å². The van der Waals surface area contributed by atoms with E-state index >= 15 is 0 Å². The zero-order chi connectivity index (χ0) is 22.5. The van der Waals surface area contributed by atoms with Gasteiger partial charge in [0.05, 0.1) is 32.3 Å². The molecule has 2 atom stereocenters. The van der Waals surface area contributed by atoms with Gasteiger partial charge in [0.25, 0.3) is 0 Å². The summed E-state index contributed by atoms with van der Waals surface area (Å²) in [6.07, 6.45) is 7.58. The van der Waals surface area contributed by atoms with Gasteiger partial charge in [-0.25, -0.2) is 0 Å². The van der Waals surface area contributed by atoms with E-state index in [9.17, 15) is 14.7 Å². The van der Waals surface area contributed by atoms with Gasteiger partial charge in [-0.2, -0.15) is 0 Å². The minimum atomic E-state index is -0.657. The molecule has 1 aromatic carbocycles. The van der Waals surface area contributed by atoms with Crippen molar-refractivity contribution >= 4 is 16.9 Å². The summed E-state index contributed by atoms with van der Waals surface area (Å²) in [6, 6.07) is 4.29. The van der Waals surface area contributed by atoms with E-state index in [-0.39, 0.29) is 65.4 Å². The van der Waals surface area contributed by atoms with Crippen LogP contribution in [-0.4, -0.2) is 44.1 Å². The van der Waals surface area contributed by atoms with Crippen molar-refractivity contribution in [1.29, 1.82) is 0 Å². The van der Waals surface area contributed by atoms with Crippen LogP contribution in [0.1, 0.15) is 37.5 Å². The Morgan fingerprint density at radius 1 is 1.25 bits per heavy atom. The van der Waals surface area contributed by atoms with Crippen molar-refractivity contribution < 1.29 is 33.3 Å². The average Bonchev–Trinajstić information content (AvgIpc) is 2.83. The molecule has 8 heteroatoms. The van der Waals surface area contributed by atoms with Gasteiger partial charge < -0.3 is 28.5 Å². The third-order valence-electron chi connectivity index (χ3n) is 5.48. The van der Waals surface area contributed by atoms with Gasteiger partial charge in [0.2, 0.25) is 11.2 Å². The molecule has 0 saturated carbocycles. The molecule has 2 aromatic rings. The van der Waals surface area contributed by atoms with Crippen molar-refractivity contribution in [3.8, 4) is 11.5 Å².